The average molecular weight is 286 g/mol. The molecule has 2 aromatic rings. The Hall–Kier alpha value is -2.07. The highest BCUT2D eigenvalue weighted by Gasteiger charge is 2.04. The molecule has 2 N–H and O–H groups in total. The molecule has 0 bridgehead atoms. The summed E-state index contributed by atoms with van der Waals surface area (Å²) in [5, 5.41) is 3.28. The molecule has 0 saturated carbocycles. The van der Waals surface area contributed by atoms with Crippen LogP contribution >= 0.6 is 0 Å². The lowest BCUT2D eigenvalue weighted by Gasteiger charge is -2.08. The van der Waals surface area contributed by atoms with Gasteiger partial charge in [0.15, 0.2) is 0 Å². The third-order valence-corrected chi connectivity index (χ3v) is 3.24. The summed E-state index contributed by atoms with van der Waals surface area (Å²) in [5.74, 6) is 1.34. The van der Waals surface area contributed by atoms with E-state index in [0.717, 1.165) is 29.1 Å². The van der Waals surface area contributed by atoms with E-state index in [1.54, 1.807) is 7.11 Å². The number of nitrogens with one attached hydrogen (secondary N) is 2. The minimum absolute atomic E-state index is 0.0495. The number of H-pyrrole nitrogens is 1. The van der Waals surface area contributed by atoms with E-state index in [4.69, 9.17) is 4.74 Å². The first-order chi connectivity index (χ1) is 10.1. The standard InChI is InChI=1S/C17H22N2O2/c1-12(2)10-18-11-14-7-8-16(19-17(14)20)13-5-4-6-15(9-13)21-3/h4-9,12,18H,10-11H2,1-3H3,(H,19,20). The molecule has 4 heteroatoms. The van der Waals surface area contributed by atoms with Gasteiger partial charge in [-0.25, -0.2) is 0 Å². The van der Waals surface area contributed by atoms with Gasteiger partial charge in [-0.1, -0.05) is 32.0 Å². The lowest BCUT2D eigenvalue weighted by atomic mass is 10.1. The van der Waals surface area contributed by atoms with E-state index in [2.05, 4.69) is 24.1 Å². The number of ether oxygens (including phenoxy) is 1. The van der Waals surface area contributed by atoms with E-state index in [0.29, 0.717) is 12.5 Å². The van der Waals surface area contributed by atoms with Gasteiger partial charge in [-0.3, -0.25) is 4.79 Å². The summed E-state index contributed by atoms with van der Waals surface area (Å²) in [6, 6.07) is 11.5. The second-order valence-electron chi connectivity index (χ2n) is 5.48. The van der Waals surface area contributed by atoms with Crippen molar-refractivity contribution in [3.8, 4) is 17.0 Å². The normalized spacial score (nSPS) is 10.9. The molecule has 0 radical (unpaired) electrons. The zero-order valence-corrected chi connectivity index (χ0v) is 12.8. The lowest BCUT2D eigenvalue weighted by molar-refractivity contribution is 0.415. The van der Waals surface area contributed by atoms with Crippen molar-refractivity contribution in [2.75, 3.05) is 13.7 Å². The molecular formula is C17H22N2O2. The summed E-state index contributed by atoms with van der Waals surface area (Å²) in [6.45, 7) is 5.77. The van der Waals surface area contributed by atoms with E-state index in [1.807, 2.05) is 36.4 Å². The van der Waals surface area contributed by atoms with Crippen molar-refractivity contribution in [1.29, 1.82) is 0 Å². The summed E-state index contributed by atoms with van der Waals surface area (Å²) in [4.78, 5) is 15.0. The van der Waals surface area contributed by atoms with E-state index < -0.39 is 0 Å². The quantitative estimate of drug-likeness (QED) is 0.858. The Labute approximate surface area is 125 Å². The van der Waals surface area contributed by atoms with Crippen LogP contribution in [0.2, 0.25) is 0 Å². The van der Waals surface area contributed by atoms with Crippen LogP contribution in [0.25, 0.3) is 11.3 Å². The summed E-state index contributed by atoms with van der Waals surface area (Å²) >= 11 is 0. The molecule has 1 heterocycles. The predicted molar refractivity (Wildman–Crippen MR) is 85.6 cm³/mol. The average Bonchev–Trinajstić information content (AvgIpc) is 2.48. The van der Waals surface area contributed by atoms with Crippen molar-refractivity contribution in [2.24, 2.45) is 5.92 Å². The van der Waals surface area contributed by atoms with E-state index in [9.17, 15) is 4.79 Å². The number of aromatic nitrogens is 1. The van der Waals surface area contributed by atoms with Gasteiger partial charge in [0, 0.05) is 23.4 Å². The van der Waals surface area contributed by atoms with Gasteiger partial charge in [-0.05, 0) is 30.7 Å². The first-order valence-electron chi connectivity index (χ1n) is 7.17. The molecule has 1 aromatic carbocycles. The fraction of sp³-hybridized carbons (Fsp3) is 0.353. The van der Waals surface area contributed by atoms with Gasteiger partial charge in [0.05, 0.1) is 7.11 Å². The molecule has 0 aliphatic heterocycles. The third kappa shape index (κ3) is 4.20. The van der Waals surface area contributed by atoms with Crippen LogP contribution in [0.5, 0.6) is 5.75 Å². The molecule has 0 aliphatic rings. The van der Waals surface area contributed by atoms with Crippen molar-refractivity contribution in [2.45, 2.75) is 20.4 Å². The number of methoxy groups -OCH3 is 1. The molecule has 0 saturated heterocycles. The zero-order chi connectivity index (χ0) is 15.2. The molecule has 0 amide bonds. The zero-order valence-electron chi connectivity index (χ0n) is 12.8. The minimum Gasteiger partial charge on any atom is -0.497 e. The van der Waals surface area contributed by atoms with Gasteiger partial charge in [0.25, 0.3) is 5.56 Å². The van der Waals surface area contributed by atoms with E-state index in [1.165, 1.54) is 0 Å². The SMILES string of the molecule is COc1cccc(-c2ccc(CNCC(C)C)c(=O)[nH]2)c1. The molecule has 1 aromatic heterocycles. The van der Waals surface area contributed by atoms with Crippen LogP contribution in [-0.2, 0) is 6.54 Å². The van der Waals surface area contributed by atoms with Crippen molar-refractivity contribution < 1.29 is 4.74 Å². The molecule has 2 rings (SSSR count). The van der Waals surface area contributed by atoms with Crippen LogP contribution < -0.4 is 15.6 Å². The first-order valence-corrected chi connectivity index (χ1v) is 7.17. The molecule has 4 nitrogen and oxygen atoms in total. The van der Waals surface area contributed by atoms with Crippen LogP contribution in [-0.4, -0.2) is 18.6 Å². The fourth-order valence-electron chi connectivity index (χ4n) is 2.10. The van der Waals surface area contributed by atoms with Gasteiger partial charge in [-0.2, -0.15) is 0 Å². The molecule has 0 unspecified atom stereocenters. The van der Waals surface area contributed by atoms with E-state index in [-0.39, 0.29) is 5.56 Å². The summed E-state index contributed by atoms with van der Waals surface area (Å²) in [7, 11) is 1.63. The lowest BCUT2D eigenvalue weighted by Crippen LogP contribution is -2.24. The summed E-state index contributed by atoms with van der Waals surface area (Å²) in [5.41, 5.74) is 2.44. The molecule has 21 heavy (non-hydrogen) atoms. The van der Waals surface area contributed by atoms with Crippen LogP contribution in [0.15, 0.2) is 41.2 Å². The monoisotopic (exact) mass is 286 g/mol. The number of pyridine rings is 1. The summed E-state index contributed by atoms with van der Waals surface area (Å²) in [6.07, 6.45) is 0. The fourth-order valence-corrected chi connectivity index (χ4v) is 2.10. The number of benzene rings is 1. The number of hydrogen-bond donors (Lipinski definition) is 2. The highest BCUT2D eigenvalue weighted by molar-refractivity contribution is 5.61. The minimum atomic E-state index is -0.0495. The number of aromatic amines is 1. The van der Waals surface area contributed by atoms with Gasteiger partial charge >= 0.3 is 0 Å². The van der Waals surface area contributed by atoms with Gasteiger partial charge in [0.1, 0.15) is 5.75 Å². The Bertz CT molecular complexity index is 647. The van der Waals surface area contributed by atoms with Gasteiger partial charge in [0.2, 0.25) is 0 Å². The van der Waals surface area contributed by atoms with Gasteiger partial charge in [-0.15, -0.1) is 0 Å². The van der Waals surface area contributed by atoms with Crippen LogP contribution in [0.4, 0.5) is 0 Å². The maximum Gasteiger partial charge on any atom is 0.252 e. The first kappa shape index (κ1) is 15.3. The van der Waals surface area contributed by atoms with Crippen LogP contribution in [0, 0.1) is 5.92 Å². The van der Waals surface area contributed by atoms with Crippen LogP contribution in [0.1, 0.15) is 19.4 Å². The Morgan fingerprint density at radius 2 is 2.05 bits per heavy atom. The Morgan fingerprint density at radius 3 is 2.71 bits per heavy atom. The molecular weight excluding hydrogens is 264 g/mol. The summed E-state index contributed by atoms with van der Waals surface area (Å²) < 4.78 is 5.20. The molecule has 0 fully saturated rings. The van der Waals surface area contributed by atoms with E-state index >= 15 is 0 Å². The highest BCUT2D eigenvalue weighted by atomic mass is 16.5. The topological polar surface area (TPSA) is 54.1 Å². The number of hydrogen-bond acceptors (Lipinski definition) is 3. The van der Waals surface area contributed by atoms with Gasteiger partial charge < -0.3 is 15.0 Å². The van der Waals surface area contributed by atoms with Crippen molar-refractivity contribution in [1.82, 2.24) is 10.3 Å². The van der Waals surface area contributed by atoms with Crippen LogP contribution in [0.3, 0.4) is 0 Å². The smallest absolute Gasteiger partial charge is 0.252 e. The molecule has 0 spiro atoms. The van der Waals surface area contributed by atoms with Crippen molar-refractivity contribution in [3.63, 3.8) is 0 Å². The second-order valence-corrected chi connectivity index (χ2v) is 5.48. The molecule has 112 valence electrons. The number of rotatable bonds is 6. The Morgan fingerprint density at radius 1 is 1.24 bits per heavy atom. The van der Waals surface area contributed by atoms with Crippen molar-refractivity contribution in [3.05, 3.63) is 52.3 Å². The highest BCUT2D eigenvalue weighted by Crippen LogP contribution is 2.21. The maximum absolute atomic E-state index is 12.1. The molecule has 0 atom stereocenters. The predicted octanol–water partition coefficient (Wildman–Crippen LogP) is 2.80. The Balaban J connectivity index is 2.16. The molecule has 0 aliphatic carbocycles. The largest absolute Gasteiger partial charge is 0.497 e. The third-order valence-electron chi connectivity index (χ3n) is 3.24. The maximum atomic E-state index is 12.1. The van der Waals surface area contributed by atoms with Crippen molar-refractivity contribution >= 4 is 0 Å². The second kappa shape index (κ2) is 7.09. The Kier molecular flexibility index (Phi) is 5.17.